The Morgan fingerprint density at radius 2 is 1.40 bits per heavy atom. The standard InChI is InChI=1S/C8H18As2/c1-9-8(10-2)6-4-3-5-7-8/h9-10H,3-7H2,1-2H3. The molecule has 1 rings (SSSR count). The van der Waals surface area contributed by atoms with E-state index in [2.05, 4.69) is 11.4 Å². The van der Waals surface area contributed by atoms with Crippen molar-refractivity contribution in [2.75, 3.05) is 0 Å². The van der Waals surface area contributed by atoms with Gasteiger partial charge in [0.2, 0.25) is 0 Å². The fourth-order valence-corrected chi connectivity index (χ4v) is 8.61. The second kappa shape index (κ2) is 4.22. The summed E-state index contributed by atoms with van der Waals surface area (Å²) in [7, 11) is 0. The third-order valence-electron chi connectivity index (χ3n) is 2.66. The molecule has 0 heterocycles. The first kappa shape index (κ1) is 9.21. The van der Waals surface area contributed by atoms with E-state index in [-0.39, 0.29) is 0 Å². The average Bonchev–Trinajstić information content (AvgIpc) is 2.06. The van der Waals surface area contributed by atoms with E-state index in [1.54, 1.807) is 25.7 Å². The molecule has 0 amide bonds. The van der Waals surface area contributed by atoms with Gasteiger partial charge >= 0.3 is 78.0 Å². The molecule has 1 aliphatic rings. The van der Waals surface area contributed by atoms with E-state index in [1.807, 2.05) is 0 Å². The molecule has 2 unspecified atom stereocenters. The van der Waals surface area contributed by atoms with Gasteiger partial charge in [-0.1, -0.05) is 0 Å². The van der Waals surface area contributed by atoms with Gasteiger partial charge in [0.15, 0.2) is 0 Å². The van der Waals surface area contributed by atoms with E-state index < -0.39 is 0 Å². The first-order valence-electron chi connectivity index (χ1n) is 4.21. The monoisotopic (exact) mass is 264 g/mol. The Kier molecular flexibility index (Phi) is 3.88. The Balaban J connectivity index is 2.44. The third kappa shape index (κ3) is 2.05. The molecule has 1 aliphatic carbocycles. The van der Waals surface area contributed by atoms with E-state index in [1.165, 1.54) is 6.42 Å². The van der Waals surface area contributed by atoms with Crippen molar-refractivity contribution >= 4 is 31.5 Å². The molecule has 0 radical (unpaired) electrons. The van der Waals surface area contributed by atoms with Gasteiger partial charge in [0.1, 0.15) is 0 Å². The topological polar surface area (TPSA) is 0 Å². The summed E-state index contributed by atoms with van der Waals surface area (Å²) in [6.45, 7) is 0. The van der Waals surface area contributed by atoms with Gasteiger partial charge in [-0.25, -0.2) is 0 Å². The maximum absolute atomic E-state index is 2.51. The molecule has 2 atom stereocenters. The average molecular weight is 264 g/mol. The fraction of sp³-hybridized carbons (Fsp3) is 1.00. The summed E-state index contributed by atoms with van der Waals surface area (Å²) < 4.78 is 1.01. The van der Waals surface area contributed by atoms with Gasteiger partial charge in [0.25, 0.3) is 0 Å². The summed E-state index contributed by atoms with van der Waals surface area (Å²) in [5.74, 6) is 0. The van der Waals surface area contributed by atoms with Crippen LogP contribution in [0.3, 0.4) is 0 Å². The van der Waals surface area contributed by atoms with E-state index in [0.29, 0.717) is 31.5 Å². The van der Waals surface area contributed by atoms with Gasteiger partial charge in [-0.05, 0) is 0 Å². The second-order valence-electron chi connectivity index (χ2n) is 3.14. The predicted molar refractivity (Wildman–Crippen MR) is 51.8 cm³/mol. The molecule has 0 aromatic carbocycles. The van der Waals surface area contributed by atoms with Gasteiger partial charge in [0.05, 0.1) is 0 Å². The van der Waals surface area contributed by atoms with Crippen LogP contribution in [0.25, 0.3) is 0 Å². The van der Waals surface area contributed by atoms with Crippen LogP contribution in [0.1, 0.15) is 32.1 Å². The summed E-state index contributed by atoms with van der Waals surface area (Å²) in [6, 6.07) is 0. The molecular formula is C8H18As2. The van der Waals surface area contributed by atoms with Gasteiger partial charge in [-0.2, -0.15) is 0 Å². The predicted octanol–water partition coefficient (Wildman–Crippen LogP) is 2.04. The van der Waals surface area contributed by atoms with Crippen molar-refractivity contribution in [3.63, 3.8) is 0 Å². The Hall–Kier alpha value is 1.12. The van der Waals surface area contributed by atoms with Crippen LogP contribution in [0, 0.1) is 0 Å². The van der Waals surface area contributed by atoms with Gasteiger partial charge in [-0.3, -0.25) is 0 Å². The van der Waals surface area contributed by atoms with Crippen molar-refractivity contribution in [3.8, 4) is 0 Å². The molecule has 0 spiro atoms. The molecule has 0 bridgehead atoms. The minimum atomic E-state index is 0.431. The summed E-state index contributed by atoms with van der Waals surface area (Å²) in [6.07, 6.45) is 7.85. The summed E-state index contributed by atoms with van der Waals surface area (Å²) in [4.78, 5) is 0. The van der Waals surface area contributed by atoms with Gasteiger partial charge < -0.3 is 0 Å². The van der Waals surface area contributed by atoms with Gasteiger partial charge in [-0.15, -0.1) is 0 Å². The third-order valence-corrected chi connectivity index (χ3v) is 14.2. The van der Waals surface area contributed by atoms with Crippen LogP contribution in [0.5, 0.6) is 0 Å². The Bertz CT molecular complexity index is 89.4. The van der Waals surface area contributed by atoms with E-state index in [9.17, 15) is 0 Å². The molecule has 10 heavy (non-hydrogen) atoms. The molecule has 0 nitrogen and oxygen atoms in total. The Labute approximate surface area is 77.9 Å². The molecular weight excluding hydrogens is 246 g/mol. The normalized spacial score (nSPS) is 27.0. The van der Waals surface area contributed by atoms with Crippen LogP contribution in [-0.2, 0) is 0 Å². The molecule has 0 saturated heterocycles. The fourth-order valence-electron chi connectivity index (χ4n) is 1.78. The SMILES string of the molecule is C[AsH]C1([AsH]C)CCCCC1. The van der Waals surface area contributed by atoms with Crippen LogP contribution >= 0.6 is 0 Å². The molecule has 0 aliphatic heterocycles. The van der Waals surface area contributed by atoms with Crippen LogP contribution < -0.4 is 0 Å². The summed E-state index contributed by atoms with van der Waals surface area (Å²) in [5, 5.41) is 0. The van der Waals surface area contributed by atoms with Crippen molar-refractivity contribution < 1.29 is 0 Å². The van der Waals surface area contributed by atoms with Crippen molar-refractivity contribution in [2.24, 2.45) is 0 Å². The Morgan fingerprint density at radius 1 is 0.900 bits per heavy atom. The van der Waals surface area contributed by atoms with Crippen LogP contribution in [-0.4, -0.2) is 31.5 Å². The zero-order valence-electron chi connectivity index (χ0n) is 7.04. The van der Waals surface area contributed by atoms with E-state index >= 15 is 0 Å². The molecule has 1 saturated carbocycles. The first-order chi connectivity index (χ1) is 4.83. The Morgan fingerprint density at radius 3 is 1.70 bits per heavy atom. The molecule has 1 fully saturated rings. The first-order valence-corrected chi connectivity index (χ1v) is 10.5. The van der Waals surface area contributed by atoms with Crippen molar-refractivity contribution in [1.29, 1.82) is 0 Å². The maximum atomic E-state index is 2.51. The van der Waals surface area contributed by atoms with Crippen molar-refractivity contribution in [3.05, 3.63) is 0 Å². The van der Waals surface area contributed by atoms with Crippen LogP contribution in [0.2, 0.25) is 14.4 Å². The van der Waals surface area contributed by atoms with Crippen LogP contribution in [0.15, 0.2) is 0 Å². The molecule has 0 N–H and O–H groups in total. The summed E-state index contributed by atoms with van der Waals surface area (Å²) >= 11 is 0.863. The molecule has 0 aromatic rings. The molecule has 0 aromatic heterocycles. The van der Waals surface area contributed by atoms with E-state index in [0.717, 1.165) is 2.99 Å². The van der Waals surface area contributed by atoms with Crippen molar-refractivity contribution in [1.82, 2.24) is 0 Å². The zero-order valence-corrected chi connectivity index (χ0v) is 11.2. The van der Waals surface area contributed by atoms with E-state index in [4.69, 9.17) is 0 Å². The number of hydrogen-bond acceptors (Lipinski definition) is 0. The quantitative estimate of drug-likeness (QED) is 0.669. The van der Waals surface area contributed by atoms with Crippen molar-refractivity contribution in [2.45, 2.75) is 46.5 Å². The summed E-state index contributed by atoms with van der Waals surface area (Å²) in [5.41, 5.74) is 5.02. The van der Waals surface area contributed by atoms with Gasteiger partial charge in [0, 0.05) is 0 Å². The van der Waals surface area contributed by atoms with Crippen LogP contribution in [0.4, 0.5) is 0 Å². The second-order valence-corrected chi connectivity index (χ2v) is 11.5. The number of rotatable bonds is 2. The molecule has 2 heteroatoms. The molecule has 60 valence electrons. The number of hydrogen-bond donors (Lipinski definition) is 0. The zero-order chi connectivity index (χ0) is 7.45. The minimum absolute atomic E-state index is 0.431.